The van der Waals surface area contributed by atoms with Gasteiger partial charge in [0.2, 0.25) is 5.91 Å². The van der Waals surface area contributed by atoms with E-state index in [9.17, 15) is 18.9 Å². The number of hydrogen-bond acceptors (Lipinski definition) is 4. The van der Waals surface area contributed by atoms with Gasteiger partial charge in [-0.1, -0.05) is 34.3 Å². The molecule has 2 aliphatic rings. The summed E-state index contributed by atoms with van der Waals surface area (Å²) in [6.45, 7) is 3.36. The number of carbonyl (C=O) groups is 3. The maximum absolute atomic E-state index is 14.3. The number of allylic oxidation sites excluding steroid dienone is 1. The molecule has 2 aromatic rings. The fraction of sp³-hybridized carbons (Fsp3) is 0.429. The van der Waals surface area contributed by atoms with Gasteiger partial charge in [0.1, 0.15) is 12.6 Å². The molecule has 30 heavy (non-hydrogen) atoms. The van der Waals surface area contributed by atoms with Crippen LogP contribution in [0.1, 0.15) is 37.2 Å². The van der Waals surface area contributed by atoms with Crippen LogP contribution in [0.25, 0.3) is 10.9 Å². The average Bonchev–Trinajstić information content (AvgIpc) is 3.21. The van der Waals surface area contributed by atoms with E-state index in [2.05, 4.69) is 5.10 Å². The fourth-order valence-electron chi connectivity index (χ4n) is 4.19. The first-order valence-corrected chi connectivity index (χ1v) is 9.95. The summed E-state index contributed by atoms with van der Waals surface area (Å²) >= 11 is 0. The Hall–Kier alpha value is -3.23. The minimum absolute atomic E-state index is 0.0410. The van der Waals surface area contributed by atoms with Crippen molar-refractivity contribution in [1.82, 2.24) is 19.8 Å². The van der Waals surface area contributed by atoms with Crippen molar-refractivity contribution in [1.29, 1.82) is 0 Å². The summed E-state index contributed by atoms with van der Waals surface area (Å²) in [5.74, 6) is -1.47. The number of para-hydroxylation sites is 1. The molecule has 1 aliphatic heterocycles. The Morgan fingerprint density at radius 1 is 1.27 bits per heavy atom. The lowest BCUT2D eigenvalue weighted by atomic mass is 10.1. The number of amides is 3. The van der Waals surface area contributed by atoms with Crippen molar-refractivity contribution in [3.63, 3.8) is 0 Å². The van der Waals surface area contributed by atoms with Crippen molar-refractivity contribution < 1.29 is 18.9 Å². The summed E-state index contributed by atoms with van der Waals surface area (Å²) < 4.78 is 15.8. The summed E-state index contributed by atoms with van der Waals surface area (Å²) in [5, 5.41) is 4.95. The number of rotatable bonds is 6. The highest BCUT2D eigenvalue weighted by molar-refractivity contribution is 6.04. The van der Waals surface area contributed by atoms with Crippen LogP contribution in [-0.4, -0.2) is 56.2 Å². The van der Waals surface area contributed by atoms with Gasteiger partial charge in [-0.15, -0.1) is 0 Å². The van der Waals surface area contributed by atoms with Crippen molar-refractivity contribution >= 4 is 28.6 Å². The molecule has 3 atom stereocenters. The Labute approximate surface area is 173 Å². The van der Waals surface area contributed by atoms with Crippen molar-refractivity contribution in [2.75, 3.05) is 6.54 Å². The van der Waals surface area contributed by atoms with Gasteiger partial charge >= 0.3 is 0 Å². The topological polar surface area (TPSA) is 102 Å². The summed E-state index contributed by atoms with van der Waals surface area (Å²) in [7, 11) is 0. The molecular weight excluding hydrogens is 389 g/mol. The molecule has 0 bridgehead atoms. The highest BCUT2D eigenvalue weighted by atomic mass is 19.2. The first-order valence-electron chi connectivity index (χ1n) is 9.95. The quantitative estimate of drug-likeness (QED) is 0.576. The van der Waals surface area contributed by atoms with Crippen LogP contribution >= 0.6 is 0 Å². The third-order valence-electron chi connectivity index (χ3n) is 5.75. The second-order valence-corrected chi connectivity index (χ2v) is 8.17. The summed E-state index contributed by atoms with van der Waals surface area (Å²) in [6.07, 6.45) is 2.92. The second-order valence-electron chi connectivity index (χ2n) is 8.17. The second kappa shape index (κ2) is 7.55. The van der Waals surface area contributed by atoms with Gasteiger partial charge in [0.15, 0.2) is 5.69 Å². The highest BCUT2D eigenvalue weighted by Gasteiger charge is 2.56. The number of benzene rings is 1. The van der Waals surface area contributed by atoms with Crippen LogP contribution < -0.4 is 5.73 Å². The van der Waals surface area contributed by atoms with E-state index in [-0.39, 0.29) is 41.8 Å². The van der Waals surface area contributed by atoms with Crippen LogP contribution in [0.4, 0.5) is 4.48 Å². The van der Waals surface area contributed by atoms with E-state index in [4.69, 9.17) is 5.73 Å². The molecule has 0 spiro atoms. The van der Waals surface area contributed by atoms with Crippen LogP contribution in [0.3, 0.4) is 0 Å². The maximum Gasteiger partial charge on any atom is 0.273 e. The van der Waals surface area contributed by atoms with E-state index in [0.29, 0.717) is 17.3 Å². The minimum atomic E-state index is -0.811. The van der Waals surface area contributed by atoms with Gasteiger partial charge in [-0.3, -0.25) is 19.1 Å². The number of nitrogens with two attached hydrogens (primary N) is 1. The van der Waals surface area contributed by atoms with Crippen molar-refractivity contribution in [2.24, 2.45) is 11.7 Å². The number of aromatic nitrogens is 2. The molecule has 9 heteroatoms. The van der Waals surface area contributed by atoms with Crippen molar-refractivity contribution in [3.8, 4) is 0 Å². The van der Waals surface area contributed by atoms with Gasteiger partial charge in [0.05, 0.1) is 12.1 Å². The van der Waals surface area contributed by atoms with Crippen molar-refractivity contribution in [3.05, 3.63) is 41.6 Å². The van der Waals surface area contributed by atoms with E-state index in [1.54, 1.807) is 30.3 Å². The summed E-state index contributed by atoms with van der Waals surface area (Å²) in [6, 6.07) is 6.15. The Kier molecular flexibility index (Phi) is 5.05. The monoisotopic (exact) mass is 413 g/mol. The SMILES string of the molecule is CC(C)=CCN(F)C(=O)[C@@H]1C[C@H]2C[C@H]2N1C(=O)Cn1nc(C(N)=O)c2ccccc21. The smallest absolute Gasteiger partial charge is 0.273 e. The number of piperidine rings is 1. The summed E-state index contributed by atoms with van der Waals surface area (Å²) in [4.78, 5) is 39.0. The van der Waals surface area contributed by atoms with Gasteiger partial charge in [-0.25, -0.2) is 0 Å². The van der Waals surface area contributed by atoms with Crippen LogP contribution in [0.5, 0.6) is 0 Å². The van der Waals surface area contributed by atoms with E-state index in [1.807, 2.05) is 13.8 Å². The summed E-state index contributed by atoms with van der Waals surface area (Å²) in [5.41, 5.74) is 7.01. The van der Waals surface area contributed by atoms with E-state index in [1.165, 1.54) is 9.58 Å². The van der Waals surface area contributed by atoms with Crippen LogP contribution in [-0.2, 0) is 16.1 Å². The predicted octanol–water partition coefficient (Wildman–Crippen LogP) is 1.80. The molecule has 2 heterocycles. The van der Waals surface area contributed by atoms with Gasteiger partial charge in [-0.05, 0) is 38.7 Å². The maximum atomic E-state index is 14.3. The third kappa shape index (κ3) is 3.55. The number of nitrogens with zero attached hydrogens (tertiary/aromatic N) is 4. The van der Waals surface area contributed by atoms with E-state index < -0.39 is 17.9 Å². The van der Waals surface area contributed by atoms with Crippen molar-refractivity contribution in [2.45, 2.75) is 45.3 Å². The van der Waals surface area contributed by atoms with E-state index in [0.717, 1.165) is 12.0 Å². The number of hydrogen-bond donors (Lipinski definition) is 1. The lowest BCUT2D eigenvalue weighted by molar-refractivity contribution is -0.155. The Bertz CT molecular complexity index is 1060. The molecule has 1 aromatic heterocycles. The fourth-order valence-corrected chi connectivity index (χ4v) is 4.19. The van der Waals surface area contributed by atoms with Gasteiger partial charge < -0.3 is 10.6 Å². The molecule has 8 nitrogen and oxygen atoms in total. The van der Waals surface area contributed by atoms with Gasteiger partial charge in [0.25, 0.3) is 11.8 Å². The molecule has 1 aliphatic carbocycles. The molecular formula is C21H24FN5O3. The molecule has 1 aromatic carbocycles. The molecule has 4 rings (SSSR count). The number of primary amides is 1. The third-order valence-corrected chi connectivity index (χ3v) is 5.75. The van der Waals surface area contributed by atoms with Crippen LogP contribution in [0.2, 0.25) is 0 Å². The first kappa shape index (κ1) is 20.1. The molecule has 0 radical (unpaired) electrons. The largest absolute Gasteiger partial charge is 0.364 e. The van der Waals surface area contributed by atoms with E-state index >= 15 is 0 Å². The molecule has 2 fully saturated rings. The molecule has 3 amide bonds. The molecule has 2 N–H and O–H groups in total. The Balaban J connectivity index is 1.56. The number of halogens is 1. The number of fused-ring (bicyclic) bond motifs is 2. The standard InChI is InChI=1S/C21H24FN5O3/c1-12(2)7-8-25(22)21(30)17-10-13-9-16(13)27(17)18(28)11-26-15-6-4-3-5-14(15)19(24-26)20(23)29/h3-7,13,16-17H,8-11H2,1-2H3,(H2,23,29)/t13-,16-,17+/m1/s1. The lowest BCUT2D eigenvalue weighted by Crippen LogP contribution is -2.48. The predicted molar refractivity (Wildman–Crippen MR) is 108 cm³/mol. The van der Waals surface area contributed by atoms with Gasteiger partial charge in [-0.2, -0.15) is 10.2 Å². The zero-order chi connectivity index (χ0) is 21.6. The Morgan fingerprint density at radius 3 is 2.70 bits per heavy atom. The van der Waals surface area contributed by atoms with Gasteiger partial charge in [0, 0.05) is 11.4 Å². The Morgan fingerprint density at radius 2 is 2.00 bits per heavy atom. The van der Waals surface area contributed by atoms with Crippen LogP contribution in [0.15, 0.2) is 35.9 Å². The first-order chi connectivity index (χ1) is 14.3. The molecule has 1 saturated carbocycles. The zero-order valence-electron chi connectivity index (χ0n) is 16.9. The van der Waals surface area contributed by atoms with Crippen LogP contribution in [0, 0.1) is 5.92 Å². The minimum Gasteiger partial charge on any atom is -0.364 e. The number of carbonyl (C=O) groups excluding carboxylic acids is 3. The highest BCUT2D eigenvalue weighted by Crippen LogP contribution is 2.48. The molecule has 1 saturated heterocycles. The number of likely N-dealkylation sites (tertiary alicyclic amines) is 1. The average molecular weight is 413 g/mol. The molecule has 158 valence electrons. The zero-order valence-corrected chi connectivity index (χ0v) is 16.9. The normalized spacial score (nSPS) is 22.0. The molecule has 0 unspecified atom stereocenters. The lowest BCUT2D eigenvalue weighted by Gasteiger charge is -2.28.